The Kier molecular flexibility index (Phi) is 31.6. The SMILES string of the molecule is CCCCCC/C=C\CCCCCCCC/C=C/O[C@H](COC(=O)CCC/C=C/C[C@@H]1[C@@H](/C=C/[C@@H](O)CCCCC)[C@H](O)C[C@@H]1O)COP(=O)([O-])OCC[N+](C)(C)C. The molecule has 338 valence electrons. The van der Waals surface area contributed by atoms with Gasteiger partial charge in [-0.25, -0.2) is 0 Å². The summed E-state index contributed by atoms with van der Waals surface area (Å²) in [4.78, 5) is 25.0. The standard InChI is InChI=1S/C46H84NO10P/c1-6-8-10-11-12-13-14-15-16-17-18-19-20-21-24-28-35-54-41(39-57-58(52,53)56-36-34-47(3,4)5)38-55-46(51)31-27-23-22-26-30-42-43(45(50)37-44(42)49)33-32-40(48)29-25-9-7-2/h13-14,22,26,28,32-33,35,40-45,48-50H,6-12,15-21,23-25,27,29-31,34,36-39H2,1-5H3/b14-13-,26-22+,33-32+,35-28+/t40-,41+,42+,43+,44-,45+/m0/s1. The van der Waals surface area contributed by atoms with Crippen LogP contribution < -0.4 is 4.89 Å². The molecule has 0 aromatic rings. The molecule has 1 unspecified atom stereocenters. The third kappa shape index (κ3) is 30.2. The van der Waals surface area contributed by atoms with Gasteiger partial charge in [0.2, 0.25) is 0 Å². The number of allylic oxidation sites excluding steroid dienone is 5. The second kappa shape index (κ2) is 33.8. The summed E-state index contributed by atoms with van der Waals surface area (Å²) in [6.45, 7) is 4.31. The zero-order valence-corrected chi connectivity index (χ0v) is 38.0. The Labute approximate surface area is 353 Å². The van der Waals surface area contributed by atoms with Crippen molar-refractivity contribution in [2.45, 2.75) is 180 Å². The van der Waals surface area contributed by atoms with Crippen molar-refractivity contribution in [2.75, 3.05) is 47.5 Å². The van der Waals surface area contributed by atoms with E-state index in [0.717, 1.165) is 38.5 Å². The Balaban J connectivity index is 2.47. The molecular weight excluding hydrogens is 757 g/mol. The summed E-state index contributed by atoms with van der Waals surface area (Å²) in [5, 5.41) is 31.3. The van der Waals surface area contributed by atoms with E-state index >= 15 is 0 Å². The van der Waals surface area contributed by atoms with Crippen molar-refractivity contribution in [3.63, 3.8) is 0 Å². The average molecular weight is 842 g/mol. The van der Waals surface area contributed by atoms with E-state index in [2.05, 4.69) is 26.0 Å². The van der Waals surface area contributed by atoms with Gasteiger partial charge in [-0.1, -0.05) is 115 Å². The van der Waals surface area contributed by atoms with Crippen LogP contribution in [0.3, 0.4) is 0 Å². The smallest absolute Gasteiger partial charge is 0.305 e. The van der Waals surface area contributed by atoms with Gasteiger partial charge in [0.25, 0.3) is 7.82 Å². The van der Waals surface area contributed by atoms with Crippen LogP contribution >= 0.6 is 7.82 Å². The Morgan fingerprint density at radius 3 is 2.02 bits per heavy atom. The van der Waals surface area contributed by atoms with Gasteiger partial charge in [-0.05, 0) is 76.2 Å². The molecule has 0 radical (unpaired) electrons. The number of carbonyl (C=O) groups is 1. The van der Waals surface area contributed by atoms with E-state index in [-0.39, 0.29) is 38.1 Å². The van der Waals surface area contributed by atoms with E-state index in [1.54, 1.807) is 6.08 Å². The van der Waals surface area contributed by atoms with E-state index in [0.29, 0.717) is 43.1 Å². The van der Waals surface area contributed by atoms with E-state index in [1.165, 1.54) is 70.5 Å². The number of likely N-dealkylation sites (N-methyl/N-ethyl adjacent to an activating group) is 1. The van der Waals surface area contributed by atoms with Crippen molar-refractivity contribution in [1.29, 1.82) is 0 Å². The first-order valence-electron chi connectivity index (χ1n) is 22.7. The highest BCUT2D eigenvalue weighted by molar-refractivity contribution is 7.45. The number of rotatable bonds is 37. The molecule has 12 heteroatoms. The molecule has 1 fully saturated rings. The van der Waals surface area contributed by atoms with Crippen LogP contribution in [0.4, 0.5) is 0 Å². The molecule has 11 nitrogen and oxygen atoms in total. The lowest BCUT2D eigenvalue weighted by atomic mass is 9.89. The van der Waals surface area contributed by atoms with Gasteiger partial charge in [0.1, 0.15) is 19.8 Å². The second-order valence-electron chi connectivity index (χ2n) is 17.1. The number of nitrogens with zero attached hydrogens (tertiary/aromatic N) is 1. The Hall–Kier alpha value is -1.82. The number of phosphoric acid groups is 1. The maximum atomic E-state index is 12.6. The van der Waals surface area contributed by atoms with E-state index in [4.69, 9.17) is 18.5 Å². The van der Waals surface area contributed by atoms with Crippen LogP contribution in [-0.2, 0) is 27.9 Å². The summed E-state index contributed by atoms with van der Waals surface area (Å²) in [7, 11) is 1.22. The Bertz CT molecular complexity index is 1190. The van der Waals surface area contributed by atoms with Gasteiger partial charge in [0.05, 0.1) is 52.3 Å². The van der Waals surface area contributed by atoms with E-state index in [1.807, 2.05) is 45.4 Å². The summed E-state index contributed by atoms with van der Waals surface area (Å²) in [5.41, 5.74) is 0. The van der Waals surface area contributed by atoms with Gasteiger partial charge in [0, 0.05) is 18.8 Å². The third-order valence-electron chi connectivity index (χ3n) is 10.5. The van der Waals surface area contributed by atoms with Crippen LogP contribution in [0, 0.1) is 11.8 Å². The molecule has 58 heavy (non-hydrogen) atoms. The summed E-state index contributed by atoms with van der Waals surface area (Å²) in [5.74, 6) is -0.796. The lowest BCUT2D eigenvalue weighted by Gasteiger charge is -2.28. The minimum Gasteiger partial charge on any atom is -0.756 e. The number of esters is 1. The van der Waals surface area contributed by atoms with Gasteiger partial charge in [-0.2, -0.15) is 0 Å². The summed E-state index contributed by atoms with van der Waals surface area (Å²) < 4.78 is 34.3. The van der Waals surface area contributed by atoms with Crippen LogP contribution in [0.2, 0.25) is 0 Å². The summed E-state index contributed by atoms with van der Waals surface area (Å²) in [6, 6.07) is 0. The number of hydrogen-bond donors (Lipinski definition) is 3. The number of ether oxygens (including phenoxy) is 2. The number of hydrogen-bond acceptors (Lipinski definition) is 10. The van der Waals surface area contributed by atoms with E-state index < -0.39 is 38.2 Å². The van der Waals surface area contributed by atoms with Crippen LogP contribution in [0.15, 0.2) is 48.8 Å². The van der Waals surface area contributed by atoms with Gasteiger partial charge in [0.15, 0.2) is 6.10 Å². The number of unbranched alkanes of at least 4 members (excludes halogenated alkanes) is 14. The number of aliphatic hydroxyl groups excluding tert-OH is 3. The first kappa shape index (κ1) is 54.2. The first-order valence-corrected chi connectivity index (χ1v) is 24.1. The van der Waals surface area contributed by atoms with Crippen molar-refractivity contribution >= 4 is 13.8 Å². The fourth-order valence-corrected chi connectivity index (χ4v) is 7.54. The second-order valence-corrected chi connectivity index (χ2v) is 18.5. The molecule has 1 rings (SSSR count). The predicted octanol–water partition coefficient (Wildman–Crippen LogP) is 9.26. The van der Waals surface area contributed by atoms with Gasteiger partial charge in [-0.3, -0.25) is 9.36 Å². The summed E-state index contributed by atoms with van der Waals surface area (Å²) in [6.07, 6.45) is 34.6. The molecule has 0 spiro atoms. The molecule has 0 bridgehead atoms. The first-order chi connectivity index (χ1) is 27.8. The lowest BCUT2D eigenvalue weighted by molar-refractivity contribution is -0.870. The van der Waals surface area contributed by atoms with Crippen molar-refractivity contribution in [1.82, 2.24) is 0 Å². The normalized spacial score (nSPS) is 21.1. The molecule has 0 aliphatic heterocycles. The molecule has 1 aliphatic rings. The van der Waals surface area contributed by atoms with Gasteiger partial charge < -0.3 is 43.2 Å². The minimum absolute atomic E-state index is 0.0144. The molecule has 0 heterocycles. The highest BCUT2D eigenvalue weighted by Crippen LogP contribution is 2.38. The molecule has 0 aromatic carbocycles. The van der Waals surface area contributed by atoms with E-state index in [9.17, 15) is 29.6 Å². The highest BCUT2D eigenvalue weighted by atomic mass is 31.2. The van der Waals surface area contributed by atoms with Crippen molar-refractivity contribution < 1.29 is 52.6 Å². The van der Waals surface area contributed by atoms with Gasteiger partial charge in [-0.15, -0.1) is 0 Å². The molecule has 7 atom stereocenters. The van der Waals surface area contributed by atoms with Crippen LogP contribution in [-0.4, -0.2) is 97.7 Å². The zero-order chi connectivity index (χ0) is 42.9. The van der Waals surface area contributed by atoms with Crippen LogP contribution in [0.5, 0.6) is 0 Å². The van der Waals surface area contributed by atoms with Crippen molar-refractivity contribution in [3.8, 4) is 0 Å². The molecule has 0 aromatic heterocycles. The maximum absolute atomic E-state index is 12.6. The van der Waals surface area contributed by atoms with Gasteiger partial charge >= 0.3 is 5.97 Å². The number of quaternary nitrogens is 1. The number of carbonyl (C=O) groups excluding carboxylic acids is 1. The minimum atomic E-state index is -4.58. The molecule has 0 saturated heterocycles. The highest BCUT2D eigenvalue weighted by Gasteiger charge is 2.39. The quantitative estimate of drug-likeness (QED) is 0.0138. The van der Waals surface area contributed by atoms with Crippen LogP contribution in [0.1, 0.15) is 155 Å². The number of phosphoric ester groups is 1. The fraction of sp³-hybridized carbons (Fsp3) is 0.804. The molecule has 1 saturated carbocycles. The maximum Gasteiger partial charge on any atom is 0.305 e. The largest absolute Gasteiger partial charge is 0.756 e. The zero-order valence-electron chi connectivity index (χ0n) is 37.1. The molecular formula is C46H84NO10P. The Morgan fingerprint density at radius 2 is 1.36 bits per heavy atom. The topological polar surface area (TPSA) is 155 Å². The summed E-state index contributed by atoms with van der Waals surface area (Å²) >= 11 is 0. The van der Waals surface area contributed by atoms with Crippen molar-refractivity contribution in [3.05, 3.63) is 48.8 Å². The van der Waals surface area contributed by atoms with Crippen molar-refractivity contribution in [2.24, 2.45) is 11.8 Å². The molecule has 0 amide bonds. The average Bonchev–Trinajstić information content (AvgIpc) is 3.44. The monoisotopic (exact) mass is 842 g/mol. The predicted molar refractivity (Wildman–Crippen MR) is 233 cm³/mol. The third-order valence-corrected chi connectivity index (χ3v) is 11.5. The fourth-order valence-electron chi connectivity index (χ4n) is 6.81. The Morgan fingerprint density at radius 1 is 0.776 bits per heavy atom. The molecule has 1 aliphatic carbocycles. The lowest BCUT2D eigenvalue weighted by Crippen LogP contribution is -2.37. The molecule has 3 N–H and O–H groups in total. The van der Waals surface area contributed by atoms with Crippen LogP contribution in [0.25, 0.3) is 0 Å². The number of aliphatic hydroxyl groups is 3.